The predicted molar refractivity (Wildman–Crippen MR) is 65.1 cm³/mol. The highest BCUT2D eigenvalue weighted by Crippen LogP contribution is 2.42. The lowest BCUT2D eigenvalue weighted by atomic mass is 9.69. The minimum absolute atomic E-state index is 0.498. The van der Waals surface area contributed by atoms with E-state index < -0.39 is 0 Å². The van der Waals surface area contributed by atoms with E-state index in [0.29, 0.717) is 11.0 Å². The van der Waals surface area contributed by atoms with Crippen molar-refractivity contribution in [2.24, 2.45) is 5.41 Å². The Bertz CT molecular complexity index is 207. The summed E-state index contributed by atoms with van der Waals surface area (Å²) in [5.41, 5.74) is 1.09. The maximum atomic E-state index is 3.45. The summed E-state index contributed by atoms with van der Waals surface area (Å²) in [6, 6.07) is 0. The first-order valence-electron chi connectivity index (χ1n) is 6.48. The third kappa shape index (κ3) is 2.54. The molecule has 2 rings (SSSR count). The molecule has 0 bridgehead atoms. The van der Waals surface area contributed by atoms with Crippen molar-refractivity contribution in [2.45, 2.75) is 52.0 Å². The van der Waals surface area contributed by atoms with Gasteiger partial charge in [0.15, 0.2) is 0 Å². The monoisotopic (exact) mass is 210 g/mol. The summed E-state index contributed by atoms with van der Waals surface area (Å²) < 4.78 is 0. The Morgan fingerprint density at radius 2 is 1.40 bits per heavy atom. The minimum Gasteiger partial charge on any atom is -0.314 e. The van der Waals surface area contributed by atoms with E-state index in [4.69, 9.17) is 0 Å². The molecule has 15 heavy (non-hydrogen) atoms. The average Bonchev–Trinajstić information content (AvgIpc) is 2.24. The molecule has 2 fully saturated rings. The number of rotatable bonds is 1. The van der Waals surface area contributed by atoms with Crippen LogP contribution in [0, 0.1) is 5.41 Å². The molecule has 88 valence electrons. The highest BCUT2D eigenvalue weighted by molar-refractivity contribution is 4.95. The molecule has 1 saturated heterocycles. The van der Waals surface area contributed by atoms with Crippen LogP contribution in [0.15, 0.2) is 0 Å². The van der Waals surface area contributed by atoms with Gasteiger partial charge in [0.1, 0.15) is 0 Å². The van der Waals surface area contributed by atoms with E-state index in [-0.39, 0.29) is 0 Å². The average molecular weight is 210 g/mol. The van der Waals surface area contributed by atoms with Gasteiger partial charge in [-0.3, -0.25) is 4.90 Å². The first-order chi connectivity index (χ1) is 7.02. The quantitative estimate of drug-likeness (QED) is 0.714. The second-order valence-corrected chi connectivity index (χ2v) is 6.40. The number of piperazine rings is 1. The molecule has 1 aliphatic heterocycles. The van der Waals surface area contributed by atoms with Gasteiger partial charge in [-0.2, -0.15) is 0 Å². The van der Waals surface area contributed by atoms with Gasteiger partial charge in [0.25, 0.3) is 0 Å². The molecule has 0 unspecified atom stereocenters. The summed E-state index contributed by atoms with van der Waals surface area (Å²) in [5, 5.41) is 3.45. The fraction of sp³-hybridized carbons (Fsp3) is 1.00. The fourth-order valence-corrected chi connectivity index (χ4v) is 2.99. The van der Waals surface area contributed by atoms with Crippen LogP contribution in [0.5, 0.6) is 0 Å². The van der Waals surface area contributed by atoms with Gasteiger partial charge in [-0.25, -0.2) is 0 Å². The van der Waals surface area contributed by atoms with Crippen molar-refractivity contribution >= 4 is 0 Å². The Morgan fingerprint density at radius 1 is 0.867 bits per heavy atom. The van der Waals surface area contributed by atoms with Crippen LogP contribution in [0.25, 0.3) is 0 Å². The van der Waals surface area contributed by atoms with Crippen molar-refractivity contribution in [3.63, 3.8) is 0 Å². The molecule has 0 aromatic carbocycles. The van der Waals surface area contributed by atoms with Crippen molar-refractivity contribution in [2.75, 3.05) is 26.2 Å². The Balaban J connectivity index is 1.95. The first kappa shape index (κ1) is 11.4. The molecular formula is C13H26N2. The van der Waals surface area contributed by atoms with Crippen LogP contribution in [-0.4, -0.2) is 36.6 Å². The molecule has 0 radical (unpaired) electrons. The molecule has 1 heterocycles. The third-order valence-corrected chi connectivity index (χ3v) is 4.56. The van der Waals surface area contributed by atoms with E-state index in [1.54, 1.807) is 0 Å². The summed E-state index contributed by atoms with van der Waals surface area (Å²) in [7, 11) is 0. The molecule has 0 atom stereocenters. The maximum Gasteiger partial charge on any atom is 0.0182 e. The zero-order valence-corrected chi connectivity index (χ0v) is 10.6. The van der Waals surface area contributed by atoms with Crippen molar-refractivity contribution in [1.29, 1.82) is 0 Å². The summed E-state index contributed by atoms with van der Waals surface area (Å²) in [4.78, 5) is 2.72. The molecule has 1 N–H and O–H groups in total. The SMILES string of the molecule is CC1(C)CCC(C)(N2CCNCC2)CC1. The Morgan fingerprint density at radius 3 is 1.93 bits per heavy atom. The smallest absolute Gasteiger partial charge is 0.0182 e. The summed E-state index contributed by atoms with van der Waals surface area (Å²) in [5.74, 6) is 0. The number of hydrogen-bond acceptors (Lipinski definition) is 2. The summed E-state index contributed by atoms with van der Waals surface area (Å²) in [6.45, 7) is 12.2. The Kier molecular flexibility index (Phi) is 3.09. The number of hydrogen-bond donors (Lipinski definition) is 1. The van der Waals surface area contributed by atoms with Crippen LogP contribution < -0.4 is 5.32 Å². The van der Waals surface area contributed by atoms with E-state index in [1.807, 2.05) is 0 Å². The molecule has 0 aromatic heterocycles. The van der Waals surface area contributed by atoms with Gasteiger partial charge in [0.05, 0.1) is 0 Å². The predicted octanol–water partition coefficient (Wildman–Crippen LogP) is 2.25. The third-order valence-electron chi connectivity index (χ3n) is 4.56. The van der Waals surface area contributed by atoms with Gasteiger partial charge in [-0.1, -0.05) is 13.8 Å². The highest BCUT2D eigenvalue weighted by atomic mass is 15.2. The van der Waals surface area contributed by atoms with Gasteiger partial charge in [0.2, 0.25) is 0 Å². The van der Waals surface area contributed by atoms with Gasteiger partial charge >= 0.3 is 0 Å². The molecule has 1 saturated carbocycles. The summed E-state index contributed by atoms with van der Waals surface area (Å²) in [6.07, 6.45) is 5.57. The lowest BCUT2D eigenvalue weighted by molar-refractivity contribution is 0.0224. The lowest BCUT2D eigenvalue weighted by Crippen LogP contribution is -2.56. The van der Waals surface area contributed by atoms with Gasteiger partial charge in [0, 0.05) is 31.7 Å². The topological polar surface area (TPSA) is 15.3 Å². The molecule has 1 aliphatic carbocycles. The maximum absolute atomic E-state index is 3.45. The van der Waals surface area contributed by atoms with Crippen LogP contribution in [-0.2, 0) is 0 Å². The largest absolute Gasteiger partial charge is 0.314 e. The Labute approximate surface area is 94.4 Å². The molecule has 0 amide bonds. The molecule has 2 aliphatic rings. The summed E-state index contributed by atoms with van der Waals surface area (Å²) >= 11 is 0. The highest BCUT2D eigenvalue weighted by Gasteiger charge is 2.38. The number of nitrogens with zero attached hydrogens (tertiary/aromatic N) is 1. The van der Waals surface area contributed by atoms with Crippen molar-refractivity contribution in [1.82, 2.24) is 10.2 Å². The molecule has 0 aromatic rings. The zero-order chi connectivity index (χ0) is 10.9. The molecule has 0 spiro atoms. The van der Waals surface area contributed by atoms with Gasteiger partial charge < -0.3 is 5.32 Å². The van der Waals surface area contributed by atoms with E-state index in [1.165, 1.54) is 51.9 Å². The van der Waals surface area contributed by atoms with Gasteiger partial charge in [-0.15, -0.1) is 0 Å². The molecular weight excluding hydrogens is 184 g/mol. The van der Waals surface area contributed by atoms with Crippen LogP contribution in [0.3, 0.4) is 0 Å². The van der Waals surface area contributed by atoms with E-state index >= 15 is 0 Å². The van der Waals surface area contributed by atoms with Crippen molar-refractivity contribution in [3.8, 4) is 0 Å². The van der Waals surface area contributed by atoms with Crippen molar-refractivity contribution < 1.29 is 0 Å². The second kappa shape index (κ2) is 4.06. The lowest BCUT2D eigenvalue weighted by Gasteiger charge is -2.49. The molecule has 2 heteroatoms. The van der Waals surface area contributed by atoms with Gasteiger partial charge in [-0.05, 0) is 38.0 Å². The molecule has 2 nitrogen and oxygen atoms in total. The number of nitrogens with one attached hydrogen (secondary N) is 1. The van der Waals surface area contributed by atoms with E-state index in [2.05, 4.69) is 31.0 Å². The second-order valence-electron chi connectivity index (χ2n) is 6.40. The van der Waals surface area contributed by atoms with E-state index in [9.17, 15) is 0 Å². The zero-order valence-electron chi connectivity index (χ0n) is 10.6. The van der Waals surface area contributed by atoms with Crippen LogP contribution in [0.1, 0.15) is 46.5 Å². The standard InChI is InChI=1S/C13H26N2/c1-12(2)4-6-13(3,7-5-12)15-10-8-14-9-11-15/h14H,4-11H2,1-3H3. The van der Waals surface area contributed by atoms with Crippen LogP contribution >= 0.6 is 0 Å². The minimum atomic E-state index is 0.498. The Hall–Kier alpha value is -0.0800. The van der Waals surface area contributed by atoms with Crippen LogP contribution in [0.4, 0.5) is 0 Å². The fourth-order valence-electron chi connectivity index (χ4n) is 2.99. The normalized spacial score (nSPS) is 31.4. The van der Waals surface area contributed by atoms with Crippen molar-refractivity contribution in [3.05, 3.63) is 0 Å². The van der Waals surface area contributed by atoms with E-state index in [0.717, 1.165) is 0 Å². The first-order valence-corrected chi connectivity index (χ1v) is 6.48. The van der Waals surface area contributed by atoms with Crippen LogP contribution in [0.2, 0.25) is 0 Å².